The zero-order chi connectivity index (χ0) is 20.3. The van der Waals surface area contributed by atoms with Gasteiger partial charge in [-0.25, -0.2) is 0 Å². The number of amides is 1. The third kappa shape index (κ3) is 3.10. The molecule has 156 valence electrons. The fraction of sp³-hybridized carbons (Fsp3) is 0.625. The van der Waals surface area contributed by atoms with Crippen LogP contribution in [0.25, 0.3) is 10.9 Å². The minimum atomic E-state index is -0.380. The maximum Gasteiger partial charge on any atom is 0.224 e. The molecule has 5 atom stereocenters. The highest BCUT2D eigenvalue weighted by molar-refractivity contribution is 5.89. The van der Waals surface area contributed by atoms with Crippen molar-refractivity contribution < 1.29 is 9.90 Å². The van der Waals surface area contributed by atoms with Gasteiger partial charge in [-0.15, -0.1) is 0 Å². The number of likely N-dealkylation sites (tertiary alicyclic amines) is 1. The molecule has 2 fully saturated rings. The molecule has 2 N–H and O–H groups in total. The van der Waals surface area contributed by atoms with Gasteiger partial charge in [0.15, 0.2) is 0 Å². The molecule has 5 nitrogen and oxygen atoms in total. The Morgan fingerprint density at radius 2 is 2.10 bits per heavy atom. The van der Waals surface area contributed by atoms with Crippen molar-refractivity contribution in [3.8, 4) is 0 Å². The molecule has 29 heavy (non-hydrogen) atoms. The number of carbonyl (C=O) groups excluding carboxylic acids is 1. The van der Waals surface area contributed by atoms with Crippen LogP contribution in [0.2, 0.25) is 0 Å². The van der Waals surface area contributed by atoms with Gasteiger partial charge in [-0.3, -0.25) is 4.79 Å². The van der Waals surface area contributed by atoms with E-state index in [9.17, 15) is 9.90 Å². The Balaban J connectivity index is 1.45. The molecule has 1 saturated carbocycles. The average Bonchev–Trinajstić information content (AvgIpc) is 3.27. The molecule has 5 heteroatoms. The van der Waals surface area contributed by atoms with E-state index >= 15 is 0 Å². The van der Waals surface area contributed by atoms with Gasteiger partial charge in [-0.05, 0) is 70.2 Å². The van der Waals surface area contributed by atoms with Crippen molar-refractivity contribution in [2.75, 3.05) is 13.6 Å². The number of hydrogen-bond acceptors (Lipinski definition) is 3. The third-order valence-corrected chi connectivity index (χ3v) is 7.61. The molecule has 1 aromatic heterocycles. The van der Waals surface area contributed by atoms with Crippen LogP contribution in [0.4, 0.5) is 0 Å². The Labute approximate surface area is 173 Å². The second-order valence-electron chi connectivity index (χ2n) is 9.76. The number of aliphatic hydroxyl groups is 1. The number of likely N-dealkylation sites (N-methyl/N-ethyl adjacent to an activating group) is 1. The smallest absolute Gasteiger partial charge is 0.224 e. The molecular formula is C24H33N3O2. The Bertz CT molecular complexity index is 934. The Morgan fingerprint density at radius 1 is 1.28 bits per heavy atom. The summed E-state index contributed by atoms with van der Waals surface area (Å²) in [5, 5.41) is 14.7. The van der Waals surface area contributed by atoms with Crippen molar-refractivity contribution in [1.29, 1.82) is 0 Å². The van der Waals surface area contributed by atoms with Crippen LogP contribution in [-0.4, -0.2) is 52.3 Å². The van der Waals surface area contributed by atoms with Crippen LogP contribution in [0.15, 0.2) is 24.4 Å². The van der Waals surface area contributed by atoms with Crippen LogP contribution in [0.5, 0.6) is 0 Å². The lowest BCUT2D eigenvalue weighted by atomic mass is 9.72. The lowest BCUT2D eigenvalue weighted by molar-refractivity contribution is -0.128. The molecule has 2 aromatic rings. The normalized spacial score (nSPS) is 32.0. The van der Waals surface area contributed by atoms with E-state index in [4.69, 9.17) is 0 Å². The van der Waals surface area contributed by atoms with Gasteiger partial charge in [0.1, 0.15) is 0 Å². The van der Waals surface area contributed by atoms with E-state index in [2.05, 4.69) is 60.1 Å². The molecule has 1 aromatic carbocycles. The fourth-order valence-electron chi connectivity index (χ4n) is 6.10. The predicted molar refractivity (Wildman–Crippen MR) is 115 cm³/mol. The molecule has 1 amide bonds. The number of aliphatic hydroxyl groups excluding tert-OH is 1. The number of nitrogens with zero attached hydrogens (tertiary/aromatic N) is 2. The molecule has 3 aliphatic rings. The minimum absolute atomic E-state index is 0.0157. The number of hydrogen-bond donors (Lipinski definition) is 2. The summed E-state index contributed by atoms with van der Waals surface area (Å²) in [5.74, 6) is 0.495. The summed E-state index contributed by atoms with van der Waals surface area (Å²) < 4.78 is 2.40. The summed E-state index contributed by atoms with van der Waals surface area (Å²) in [7, 11) is 2.17. The number of rotatable bonds is 3. The zero-order valence-electron chi connectivity index (χ0n) is 17.8. The maximum absolute atomic E-state index is 13.0. The van der Waals surface area contributed by atoms with E-state index in [1.807, 2.05) is 0 Å². The van der Waals surface area contributed by atoms with Gasteiger partial charge in [0, 0.05) is 41.6 Å². The molecule has 2 aliphatic carbocycles. The number of aromatic nitrogens is 1. The first kappa shape index (κ1) is 19.1. The first-order chi connectivity index (χ1) is 13.9. The zero-order valence-corrected chi connectivity index (χ0v) is 17.8. The summed E-state index contributed by atoms with van der Waals surface area (Å²) in [6.45, 7) is 5.28. The maximum atomic E-state index is 13.0. The lowest BCUT2D eigenvalue weighted by Gasteiger charge is -2.45. The highest BCUT2D eigenvalue weighted by Gasteiger charge is 2.42. The molecule has 0 bridgehead atoms. The van der Waals surface area contributed by atoms with Gasteiger partial charge in [0.05, 0.1) is 18.1 Å². The monoisotopic (exact) mass is 395 g/mol. The van der Waals surface area contributed by atoms with E-state index in [-0.39, 0.29) is 24.0 Å². The quantitative estimate of drug-likeness (QED) is 0.839. The van der Waals surface area contributed by atoms with E-state index in [1.54, 1.807) is 0 Å². The van der Waals surface area contributed by atoms with E-state index in [0.717, 1.165) is 38.6 Å². The van der Waals surface area contributed by atoms with Crippen molar-refractivity contribution in [2.45, 2.75) is 76.1 Å². The summed E-state index contributed by atoms with van der Waals surface area (Å²) in [6, 6.07) is 7.53. The largest absolute Gasteiger partial charge is 0.391 e. The molecule has 2 heterocycles. The van der Waals surface area contributed by atoms with Gasteiger partial charge in [0.2, 0.25) is 5.91 Å². The van der Waals surface area contributed by atoms with Crippen LogP contribution in [-0.2, 0) is 11.2 Å². The van der Waals surface area contributed by atoms with Crippen LogP contribution >= 0.6 is 0 Å². The lowest BCUT2D eigenvalue weighted by Crippen LogP contribution is -2.53. The molecular weight excluding hydrogens is 362 g/mol. The van der Waals surface area contributed by atoms with Crippen LogP contribution < -0.4 is 5.32 Å². The van der Waals surface area contributed by atoms with E-state index in [0.29, 0.717) is 18.0 Å². The molecule has 0 radical (unpaired) electrons. The van der Waals surface area contributed by atoms with Gasteiger partial charge in [-0.2, -0.15) is 0 Å². The molecule has 1 aliphatic heterocycles. The Morgan fingerprint density at radius 3 is 2.83 bits per heavy atom. The average molecular weight is 396 g/mol. The number of benzene rings is 1. The van der Waals surface area contributed by atoms with E-state index in [1.165, 1.54) is 22.0 Å². The first-order valence-corrected chi connectivity index (χ1v) is 11.2. The van der Waals surface area contributed by atoms with Gasteiger partial charge in [-0.1, -0.05) is 12.1 Å². The van der Waals surface area contributed by atoms with Gasteiger partial charge >= 0.3 is 0 Å². The Kier molecular flexibility index (Phi) is 4.71. The molecule has 1 saturated heterocycles. The number of carbonyl (C=O) groups is 1. The Hall–Kier alpha value is -1.85. The highest BCUT2D eigenvalue weighted by atomic mass is 16.3. The predicted octanol–water partition coefficient (Wildman–Crippen LogP) is 3.21. The van der Waals surface area contributed by atoms with Crippen molar-refractivity contribution in [3.63, 3.8) is 0 Å². The van der Waals surface area contributed by atoms with E-state index < -0.39 is 0 Å². The minimum Gasteiger partial charge on any atom is -0.391 e. The highest BCUT2D eigenvalue weighted by Crippen LogP contribution is 2.45. The standard InChI is InChI=1S/C24H33N3O2/c1-14(2)27-13-15-11-21-18(17-6-4-8-20(27)23(15)17)10-16(12-26(21)3)24(29)25-19-7-5-9-22(19)28/h4,6,8,13-14,16,18-19,21-22,28H,5,7,9-12H2,1-3H3,(H,25,29)/t16?,18-,19?,21-,22?/m1/s1. The third-order valence-electron chi connectivity index (χ3n) is 7.61. The van der Waals surface area contributed by atoms with Crippen LogP contribution in [0.3, 0.4) is 0 Å². The van der Waals surface area contributed by atoms with Crippen LogP contribution in [0.1, 0.15) is 62.6 Å². The van der Waals surface area contributed by atoms with Crippen LogP contribution in [0, 0.1) is 5.92 Å². The van der Waals surface area contributed by atoms with Gasteiger partial charge in [0.25, 0.3) is 0 Å². The van der Waals surface area contributed by atoms with Crippen molar-refractivity contribution in [1.82, 2.24) is 14.8 Å². The molecule has 5 rings (SSSR count). The second-order valence-corrected chi connectivity index (χ2v) is 9.76. The second kappa shape index (κ2) is 7.13. The molecule has 0 spiro atoms. The topological polar surface area (TPSA) is 57.5 Å². The number of fused-ring (bicyclic) bond motifs is 2. The van der Waals surface area contributed by atoms with Gasteiger partial charge < -0.3 is 19.9 Å². The summed E-state index contributed by atoms with van der Waals surface area (Å²) in [5.41, 5.74) is 4.20. The number of piperidine rings is 1. The fourth-order valence-corrected chi connectivity index (χ4v) is 6.10. The van der Waals surface area contributed by atoms with Crippen molar-refractivity contribution in [2.24, 2.45) is 5.92 Å². The molecule has 3 unspecified atom stereocenters. The van der Waals surface area contributed by atoms with Crippen molar-refractivity contribution in [3.05, 3.63) is 35.5 Å². The summed E-state index contributed by atoms with van der Waals surface area (Å²) in [6.07, 6.45) is 6.63. The summed E-state index contributed by atoms with van der Waals surface area (Å²) in [4.78, 5) is 15.4. The SMILES string of the molecule is CC(C)n1cc2c3c(cccc31)[C@H]1CC(C(=O)NC3CCCC3O)CN(C)[C@@H]1C2. The van der Waals surface area contributed by atoms with Crippen molar-refractivity contribution >= 4 is 16.8 Å². The first-order valence-electron chi connectivity index (χ1n) is 11.2. The number of nitrogens with one attached hydrogen (secondary N) is 1. The summed E-state index contributed by atoms with van der Waals surface area (Å²) >= 11 is 0.